The van der Waals surface area contributed by atoms with Gasteiger partial charge in [-0.3, -0.25) is 9.36 Å². The Morgan fingerprint density at radius 1 is 1.21 bits per heavy atom. The minimum atomic E-state index is -3.25. The smallest absolute Gasteiger partial charge is 0.323 e. The molecule has 1 aromatic carbocycles. The van der Waals surface area contributed by atoms with Crippen LogP contribution in [0, 0.1) is 0 Å². The van der Waals surface area contributed by atoms with Gasteiger partial charge >= 0.3 is 13.5 Å². The molecule has 136 valence electrons. The van der Waals surface area contributed by atoms with Crippen LogP contribution in [0.1, 0.15) is 20.8 Å². The standard InChI is InChI=1S/C16H26NO6P/c1-12(2)22-16(18)13(3)17-24(5,19)23-15-8-6-7-14(11-15)21-10-9-20-4/h6-8,11-13H,9-10H2,1-5H3,(H,17,19)/t13-,24?/m0/s1. The van der Waals surface area contributed by atoms with E-state index in [1.54, 1.807) is 52.1 Å². The fourth-order valence-corrected chi connectivity index (χ4v) is 3.21. The quantitative estimate of drug-likeness (QED) is 0.391. The topological polar surface area (TPSA) is 83.1 Å². The summed E-state index contributed by atoms with van der Waals surface area (Å²) in [5.41, 5.74) is 0. The highest BCUT2D eigenvalue weighted by molar-refractivity contribution is 7.56. The van der Waals surface area contributed by atoms with Gasteiger partial charge in [0, 0.05) is 19.8 Å². The van der Waals surface area contributed by atoms with Gasteiger partial charge in [0.25, 0.3) is 0 Å². The molecule has 1 N–H and O–H groups in total. The van der Waals surface area contributed by atoms with Crippen molar-refractivity contribution in [1.29, 1.82) is 0 Å². The monoisotopic (exact) mass is 359 g/mol. The Kier molecular flexibility index (Phi) is 8.25. The molecule has 0 aromatic heterocycles. The van der Waals surface area contributed by atoms with Gasteiger partial charge in [0.1, 0.15) is 24.1 Å². The van der Waals surface area contributed by atoms with Crippen molar-refractivity contribution < 1.29 is 28.1 Å². The van der Waals surface area contributed by atoms with Gasteiger partial charge in [-0.25, -0.2) is 5.09 Å². The first kappa shape index (κ1) is 20.5. The number of nitrogens with one attached hydrogen (secondary N) is 1. The van der Waals surface area contributed by atoms with Crippen molar-refractivity contribution in [2.45, 2.75) is 32.9 Å². The van der Waals surface area contributed by atoms with Crippen molar-refractivity contribution >= 4 is 13.5 Å². The maximum Gasteiger partial charge on any atom is 0.323 e. The van der Waals surface area contributed by atoms with E-state index in [-0.39, 0.29) is 6.10 Å². The van der Waals surface area contributed by atoms with E-state index >= 15 is 0 Å². The van der Waals surface area contributed by atoms with Gasteiger partial charge in [-0.05, 0) is 32.9 Å². The van der Waals surface area contributed by atoms with Crippen LogP contribution in [0.25, 0.3) is 0 Å². The summed E-state index contributed by atoms with van der Waals surface area (Å²) in [6.07, 6.45) is -0.236. The van der Waals surface area contributed by atoms with Crippen LogP contribution in [-0.2, 0) is 18.8 Å². The van der Waals surface area contributed by atoms with Gasteiger partial charge in [0.15, 0.2) is 0 Å². The highest BCUT2D eigenvalue weighted by Gasteiger charge is 2.26. The van der Waals surface area contributed by atoms with Crippen LogP contribution in [0.15, 0.2) is 24.3 Å². The van der Waals surface area contributed by atoms with Gasteiger partial charge in [-0.15, -0.1) is 0 Å². The summed E-state index contributed by atoms with van der Waals surface area (Å²) >= 11 is 0. The first-order chi connectivity index (χ1) is 11.2. The lowest BCUT2D eigenvalue weighted by atomic mass is 10.3. The Morgan fingerprint density at radius 3 is 2.50 bits per heavy atom. The van der Waals surface area contributed by atoms with E-state index in [1.807, 2.05) is 0 Å². The zero-order valence-electron chi connectivity index (χ0n) is 14.8. The van der Waals surface area contributed by atoms with E-state index in [0.29, 0.717) is 24.7 Å². The van der Waals surface area contributed by atoms with Crippen LogP contribution in [0.4, 0.5) is 0 Å². The van der Waals surface area contributed by atoms with Crippen molar-refractivity contribution in [3.05, 3.63) is 24.3 Å². The van der Waals surface area contributed by atoms with Crippen molar-refractivity contribution in [3.63, 3.8) is 0 Å². The summed E-state index contributed by atoms with van der Waals surface area (Å²) in [4.78, 5) is 11.8. The molecule has 24 heavy (non-hydrogen) atoms. The molecule has 0 fully saturated rings. The third-order valence-corrected chi connectivity index (χ3v) is 4.19. The molecule has 1 rings (SSSR count). The van der Waals surface area contributed by atoms with E-state index in [1.165, 1.54) is 6.66 Å². The molecule has 0 aliphatic heterocycles. The third kappa shape index (κ3) is 7.81. The molecule has 0 amide bonds. The molecule has 0 aliphatic carbocycles. The second kappa shape index (κ2) is 9.67. The Labute approximate surface area is 143 Å². The van der Waals surface area contributed by atoms with E-state index < -0.39 is 19.5 Å². The molecule has 0 saturated carbocycles. The number of carbonyl (C=O) groups is 1. The number of hydrogen-bond donors (Lipinski definition) is 1. The molecule has 0 aliphatic rings. The molecule has 7 nitrogen and oxygen atoms in total. The molecular weight excluding hydrogens is 333 g/mol. The molecule has 1 aromatic rings. The number of hydrogen-bond acceptors (Lipinski definition) is 6. The molecule has 0 saturated heterocycles. The van der Waals surface area contributed by atoms with Crippen molar-refractivity contribution in [2.75, 3.05) is 27.0 Å². The number of ether oxygens (including phenoxy) is 3. The minimum absolute atomic E-state index is 0.236. The predicted octanol–water partition coefficient (Wildman–Crippen LogP) is 2.84. The fourth-order valence-electron chi connectivity index (χ4n) is 1.83. The van der Waals surface area contributed by atoms with E-state index in [0.717, 1.165) is 0 Å². The lowest BCUT2D eigenvalue weighted by Gasteiger charge is -2.21. The average molecular weight is 359 g/mol. The lowest BCUT2D eigenvalue weighted by molar-refractivity contribution is -0.149. The van der Waals surface area contributed by atoms with Crippen molar-refractivity contribution in [2.24, 2.45) is 0 Å². The Morgan fingerprint density at radius 2 is 1.88 bits per heavy atom. The first-order valence-corrected chi connectivity index (χ1v) is 9.78. The maximum absolute atomic E-state index is 12.6. The molecular formula is C16H26NO6P. The van der Waals surface area contributed by atoms with Crippen LogP contribution in [0.3, 0.4) is 0 Å². The zero-order valence-corrected chi connectivity index (χ0v) is 15.7. The Balaban J connectivity index is 2.64. The summed E-state index contributed by atoms with van der Waals surface area (Å²) in [6, 6.07) is 6.04. The Bertz CT molecular complexity index is 577. The normalized spacial score (nSPS) is 14.8. The van der Waals surface area contributed by atoms with Gasteiger partial charge in [0.05, 0.1) is 12.7 Å². The van der Waals surface area contributed by atoms with Crippen LogP contribution >= 0.6 is 7.52 Å². The highest BCUT2D eigenvalue weighted by atomic mass is 31.2. The second-order valence-corrected chi connectivity index (χ2v) is 7.72. The van der Waals surface area contributed by atoms with Gasteiger partial charge in [0.2, 0.25) is 0 Å². The number of methoxy groups -OCH3 is 1. The van der Waals surface area contributed by atoms with Gasteiger partial charge in [-0.1, -0.05) is 6.07 Å². The van der Waals surface area contributed by atoms with Gasteiger partial charge < -0.3 is 18.7 Å². The Hall–Kier alpha value is -1.56. The van der Waals surface area contributed by atoms with E-state index in [9.17, 15) is 9.36 Å². The van der Waals surface area contributed by atoms with Crippen LogP contribution in [0.2, 0.25) is 0 Å². The van der Waals surface area contributed by atoms with Crippen LogP contribution < -0.4 is 14.3 Å². The minimum Gasteiger partial charge on any atom is -0.491 e. The van der Waals surface area contributed by atoms with E-state index in [4.69, 9.17) is 18.7 Å². The molecule has 0 bridgehead atoms. The number of benzene rings is 1. The summed E-state index contributed by atoms with van der Waals surface area (Å²) in [5.74, 6) is 0.483. The van der Waals surface area contributed by atoms with Crippen LogP contribution in [-0.4, -0.2) is 45.1 Å². The second-order valence-electron chi connectivity index (χ2n) is 5.59. The van der Waals surface area contributed by atoms with Crippen LogP contribution in [0.5, 0.6) is 11.5 Å². The van der Waals surface area contributed by atoms with Crippen molar-refractivity contribution in [3.8, 4) is 11.5 Å². The summed E-state index contributed by atoms with van der Waals surface area (Å²) in [5, 5.41) is 2.68. The van der Waals surface area contributed by atoms with E-state index in [2.05, 4.69) is 5.09 Å². The number of carbonyl (C=O) groups excluding carboxylic acids is 1. The summed E-state index contributed by atoms with van der Waals surface area (Å²) in [7, 11) is -1.66. The van der Waals surface area contributed by atoms with Crippen molar-refractivity contribution in [1.82, 2.24) is 5.09 Å². The molecule has 0 radical (unpaired) electrons. The first-order valence-electron chi connectivity index (χ1n) is 7.70. The third-order valence-electron chi connectivity index (χ3n) is 2.77. The summed E-state index contributed by atoms with van der Waals surface area (Å²) in [6.45, 7) is 7.36. The molecule has 8 heteroatoms. The number of rotatable bonds is 10. The molecule has 1 unspecified atom stereocenters. The van der Waals surface area contributed by atoms with Gasteiger partial charge in [-0.2, -0.15) is 0 Å². The number of esters is 1. The zero-order chi connectivity index (χ0) is 18.2. The average Bonchev–Trinajstić information content (AvgIpc) is 2.46. The SMILES string of the molecule is COCCOc1cccc(OP(C)(=O)N[C@@H](C)C(=O)OC(C)C)c1. The summed E-state index contributed by atoms with van der Waals surface area (Å²) < 4.78 is 33.5. The maximum atomic E-state index is 12.6. The predicted molar refractivity (Wildman–Crippen MR) is 91.8 cm³/mol. The molecule has 2 atom stereocenters. The fraction of sp³-hybridized carbons (Fsp3) is 0.562. The highest BCUT2D eigenvalue weighted by Crippen LogP contribution is 2.40. The lowest BCUT2D eigenvalue weighted by Crippen LogP contribution is -2.35. The molecule has 0 spiro atoms. The molecule has 0 heterocycles. The largest absolute Gasteiger partial charge is 0.491 e.